The standard InChI is InChI=1S/C26H30FN3O4S/c1-29-14-16-30(17-15-29)26(24-18-22(33-2)10-13-25(24)27)19-28-35(31,32)23-11-8-21(9-12-23)34-20-6-4-3-5-7-20/h3-13,18,26,28H,14-17,19H2,1-2H3. The SMILES string of the molecule is COc1ccc(F)c(C(CNS(=O)(=O)c2ccc(Oc3ccccc3)cc2)N2CCN(C)CC2)c1. The Kier molecular flexibility index (Phi) is 8.02. The third-order valence-electron chi connectivity index (χ3n) is 6.12. The third-order valence-corrected chi connectivity index (χ3v) is 7.56. The second-order valence-corrected chi connectivity index (χ2v) is 10.2. The molecule has 4 rings (SSSR count). The van der Waals surface area contributed by atoms with E-state index in [0.717, 1.165) is 13.1 Å². The lowest BCUT2D eigenvalue weighted by atomic mass is 10.0. The quantitative estimate of drug-likeness (QED) is 0.482. The van der Waals surface area contributed by atoms with Crippen LogP contribution in [0.3, 0.4) is 0 Å². The fourth-order valence-corrected chi connectivity index (χ4v) is 5.10. The molecule has 0 bridgehead atoms. The molecule has 1 aliphatic rings. The number of benzene rings is 3. The molecule has 0 aromatic heterocycles. The Hall–Kier alpha value is -2.98. The van der Waals surface area contributed by atoms with Crippen LogP contribution in [-0.4, -0.2) is 65.1 Å². The molecule has 0 aliphatic carbocycles. The molecule has 0 amide bonds. The molecule has 35 heavy (non-hydrogen) atoms. The van der Waals surface area contributed by atoms with Crippen molar-refractivity contribution in [2.45, 2.75) is 10.9 Å². The average molecular weight is 500 g/mol. The van der Waals surface area contributed by atoms with Crippen LogP contribution < -0.4 is 14.2 Å². The van der Waals surface area contributed by atoms with E-state index in [1.807, 2.05) is 37.4 Å². The van der Waals surface area contributed by atoms with Crippen molar-refractivity contribution in [3.05, 3.63) is 84.2 Å². The van der Waals surface area contributed by atoms with Gasteiger partial charge in [-0.3, -0.25) is 4.90 Å². The molecule has 1 fully saturated rings. The molecule has 186 valence electrons. The van der Waals surface area contributed by atoms with E-state index in [1.165, 1.54) is 25.3 Å². The van der Waals surface area contributed by atoms with E-state index in [4.69, 9.17) is 9.47 Å². The smallest absolute Gasteiger partial charge is 0.240 e. The van der Waals surface area contributed by atoms with Gasteiger partial charge in [0, 0.05) is 38.3 Å². The van der Waals surface area contributed by atoms with Crippen molar-refractivity contribution in [1.82, 2.24) is 14.5 Å². The van der Waals surface area contributed by atoms with Gasteiger partial charge in [-0.1, -0.05) is 18.2 Å². The Morgan fingerprint density at radius 1 is 0.914 bits per heavy atom. The zero-order chi connectivity index (χ0) is 24.8. The number of nitrogens with zero attached hydrogens (tertiary/aromatic N) is 2. The van der Waals surface area contributed by atoms with Crippen LogP contribution in [0, 0.1) is 5.82 Å². The number of likely N-dealkylation sites (N-methyl/N-ethyl adjacent to an activating group) is 1. The maximum atomic E-state index is 14.9. The molecule has 3 aromatic carbocycles. The summed E-state index contributed by atoms with van der Waals surface area (Å²) < 4.78 is 54.8. The Balaban J connectivity index is 1.51. The van der Waals surface area contributed by atoms with Gasteiger partial charge in [0.15, 0.2) is 0 Å². The van der Waals surface area contributed by atoms with Crippen LogP contribution in [0.15, 0.2) is 77.7 Å². The topological polar surface area (TPSA) is 71.1 Å². The summed E-state index contributed by atoms with van der Waals surface area (Å²) in [6.07, 6.45) is 0. The van der Waals surface area contributed by atoms with Crippen molar-refractivity contribution in [2.24, 2.45) is 0 Å². The van der Waals surface area contributed by atoms with Crippen molar-refractivity contribution < 1.29 is 22.3 Å². The minimum atomic E-state index is -3.83. The molecule has 1 aliphatic heterocycles. The van der Waals surface area contributed by atoms with E-state index in [9.17, 15) is 12.8 Å². The summed E-state index contributed by atoms with van der Waals surface area (Å²) in [5.41, 5.74) is 0.406. The van der Waals surface area contributed by atoms with Crippen molar-refractivity contribution in [1.29, 1.82) is 0 Å². The van der Waals surface area contributed by atoms with Gasteiger partial charge in [0.05, 0.1) is 18.0 Å². The number of halogens is 1. The summed E-state index contributed by atoms with van der Waals surface area (Å²) >= 11 is 0. The predicted molar refractivity (Wildman–Crippen MR) is 133 cm³/mol. The lowest BCUT2D eigenvalue weighted by molar-refractivity contribution is 0.111. The average Bonchev–Trinajstić information content (AvgIpc) is 2.87. The number of sulfonamides is 1. The van der Waals surface area contributed by atoms with Crippen molar-refractivity contribution in [3.63, 3.8) is 0 Å². The molecular formula is C26H30FN3O4S. The molecule has 1 atom stereocenters. The van der Waals surface area contributed by atoms with Gasteiger partial charge in [-0.05, 0) is 61.6 Å². The summed E-state index contributed by atoms with van der Waals surface area (Å²) in [4.78, 5) is 4.41. The van der Waals surface area contributed by atoms with E-state index < -0.39 is 21.9 Å². The minimum Gasteiger partial charge on any atom is -0.497 e. The van der Waals surface area contributed by atoms with Crippen LogP contribution in [-0.2, 0) is 10.0 Å². The summed E-state index contributed by atoms with van der Waals surface area (Å²) in [6.45, 7) is 3.06. The minimum absolute atomic E-state index is 0.0262. The first-order valence-electron chi connectivity index (χ1n) is 11.4. The van der Waals surface area contributed by atoms with Gasteiger partial charge in [0.1, 0.15) is 23.1 Å². The van der Waals surface area contributed by atoms with Crippen molar-refractivity contribution in [3.8, 4) is 17.2 Å². The van der Waals surface area contributed by atoms with Crippen molar-refractivity contribution >= 4 is 10.0 Å². The Bertz CT molecular complexity index is 1220. The largest absolute Gasteiger partial charge is 0.497 e. The zero-order valence-corrected chi connectivity index (χ0v) is 20.7. The number of piperazine rings is 1. The second-order valence-electron chi connectivity index (χ2n) is 8.48. The van der Waals surface area contributed by atoms with Gasteiger partial charge in [-0.25, -0.2) is 17.5 Å². The first-order chi connectivity index (χ1) is 16.9. The molecule has 1 heterocycles. The molecule has 1 saturated heterocycles. The lowest BCUT2D eigenvalue weighted by Crippen LogP contribution is -2.48. The number of ether oxygens (including phenoxy) is 2. The van der Waals surface area contributed by atoms with E-state index in [2.05, 4.69) is 14.5 Å². The van der Waals surface area contributed by atoms with Gasteiger partial charge in [0.25, 0.3) is 0 Å². The highest BCUT2D eigenvalue weighted by Crippen LogP contribution is 2.28. The number of rotatable bonds is 9. The van der Waals surface area contributed by atoms with E-state index >= 15 is 0 Å². The van der Waals surface area contributed by atoms with Crippen molar-refractivity contribution in [2.75, 3.05) is 46.9 Å². The van der Waals surface area contributed by atoms with Gasteiger partial charge in [-0.2, -0.15) is 0 Å². The first kappa shape index (κ1) is 25.1. The van der Waals surface area contributed by atoms with Crippen LogP contribution in [0.25, 0.3) is 0 Å². The van der Waals surface area contributed by atoms with E-state index in [1.54, 1.807) is 24.3 Å². The molecule has 9 heteroatoms. The maximum Gasteiger partial charge on any atom is 0.240 e. The van der Waals surface area contributed by atoms with Crippen LogP contribution >= 0.6 is 0 Å². The van der Waals surface area contributed by atoms with Gasteiger partial charge in [-0.15, -0.1) is 0 Å². The highest BCUT2D eigenvalue weighted by Gasteiger charge is 2.28. The van der Waals surface area contributed by atoms with Crippen LogP contribution in [0.2, 0.25) is 0 Å². The Morgan fingerprint density at radius 3 is 2.20 bits per heavy atom. The number of hydrogen-bond donors (Lipinski definition) is 1. The Morgan fingerprint density at radius 2 is 1.54 bits per heavy atom. The molecule has 0 spiro atoms. The lowest BCUT2D eigenvalue weighted by Gasteiger charge is -2.38. The molecule has 3 aromatic rings. The maximum absolute atomic E-state index is 14.9. The molecule has 0 saturated carbocycles. The van der Waals surface area contributed by atoms with Gasteiger partial charge < -0.3 is 14.4 Å². The van der Waals surface area contributed by atoms with Gasteiger partial charge in [0.2, 0.25) is 10.0 Å². The zero-order valence-electron chi connectivity index (χ0n) is 19.9. The molecular weight excluding hydrogens is 469 g/mol. The Labute approximate surface area is 206 Å². The highest BCUT2D eigenvalue weighted by atomic mass is 32.2. The normalized spacial score (nSPS) is 16.1. The number of hydrogen-bond acceptors (Lipinski definition) is 6. The molecule has 7 nitrogen and oxygen atoms in total. The van der Waals surface area contributed by atoms with E-state index in [-0.39, 0.29) is 11.4 Å². The van der Waals surface area contributed by atoms with Gasteiger partial charge >= 0.3 is 0 Å². The monoisotopic (exact) mass is 499 g/mol. The van der Waals surface area contributed by atoms with Crippen LogP contribution in [0.5, 0.6) is 17.2 Å². The number of nitrogens with one attached hydrogen (secondary N) is 1. The summed E-state index contributed by atoms with van der Waals surface area (Å²) in [5.74, 6) is 1.33. The summed E-state index contributed by atoms with van der Waals surface area (Å²) in [5, 5.41) is 0. The van der Waals surface area contributed by atoms with Crippen LogP contribution in [0.4, 0.5) is 4.39 Å². The van der Waals surface area contributed by atoms with Crippen LogP contribution in [0.1, 0.15) is 11.6 Å². The van der Waals surface area contributed by atoms with E-state index in [0.29, 0.717) is 35.9 Å². The second kappa shape index (κ2) is 11.2. The highest BCUT2D eigenvalue weighted by molar-refractivity contribution is 7.89. The fraction of sp³-hybridized carbons (Fsp3) is 0.308. The molecule has 0 radical (unpaired) electrons. The molecule has 1 N–H and O–H groups in total. The summed E-state index contributed by atoms with van der Waals surface area (Å²) in [7, 11) is -0.270. The third kappa shape index (κ3) is 6.37. The number of methoxy groups -OCH3 is 1. The fourth-order valence-electron chi connectivity index (χ4n) is 4.06. The summed E-state index contributed by atoms with van der Waals surface area (Å²) in [6, 6.07) is 19.6. The number of para-hydroxylation sites is 1. The predicted octanol–water partition coefficient (Wildman–Crippen LogP) is 3.89. The first-order valence-corrected chi connectivity index (χ1v) is 12.9. The molecule has 1 unspecified atom stereocenters.